The minimum atomic E-state index is -0.144. The van der Waals surface area contributed by atoms with Crippen LogP contribution in [0, 0.1) is 0 Å². The zero-order chi connectivity index (χ0) is 15.0. The van der Waals surface area contributed by atoms with E-state index in [1.165, 1.54) is 45.9 Å². The second-order valence-electron chi connectivity index (χ2n) is 5.34. The van der Waals surface area contributed by atoms with Crippen molar-refractivity contribution >= 4 is 33.2 Å². The standard InChI is InChI=1S/C15H14N4OS2/c20-12-6-9-16-14-19(12)18-13(21-14)17-10-15(7-8-15)22-11-4-2-1-3-5-11/h1-6,9H,7-8,10H2,(H,17,18). The fraction of sp³-hybridized carbons (Fsp3) is 0.267. The molecule has 3 aromatic rings. The summed E-state index contributed by atoms with van der Waals surface area (Å²) in [6, 6.07) is 11.9. The Morgan fingerprint density at radius 1 is 1.27 bits per heavy atom. The van der Waals surface area contributed by atoms with Crippen LogP contribution in [-0.2, 0) is 0 Å². The third kappa shape index (κ3) is 2.74. The van der Waals surface area contributed by atoms with Gasteiger partial charge < -0.3 is 5.32 Å². The number of benzene rings is 1. The summed E-state index contributed by atoms with van der Waals surface area (Å²) >= 11 is 3.32. The molecule has 0 saturated heterocycles. The van der Waals surface area contributed by atoms with E-state index in [1.807, 2.05) is 17.8 Å². The monoisotopic (exact) mass is 330 g/mol. The maximum Gasteiger partial charge on any atom is 0.275 e. The highest BCUT2D eigenvalue weighted by molar-refractivity contribution is 8.01. The summed E-state index contributed by atoms with van der Waals surface area (Å²) in [5, 5.41) is 8.41. The van der Waals surface area contributed by atoms with Gasteiger partial charge in [-0.05, 0) is 25.0 Å². The third-order valence-electron chi connectivity index (χ3n) is 3.62. The maximum absolute atomic E-state index is 11.7. The van der Waals surface area contributed by atoms with E-state index in [2.05, 4.69) is 39.7 Å². The molecule has 2 aromatic heterocycles. The van der Waals surface area contributed by atoms with E-state index in [4.69, 9.17) is 0 Å². The molecule has 1 saturated carbocycles. The van der Waals surface area contributed by atoms with Crippen LogP contribution in [0.25, 0.3) is 4.96 Å². The van der Waals surface area contributed by atoms with Crippen LogP contribution < -0.4 is 10.9 Å². The van der Waals surface area contributed by atoms with E-state index in [0.717, 1.165) is 11.7 Å². The van der Waals surface area contributed by atoms with Crippen LogP contribution in [0.15, 0.2) is 52.3 Å². The van der Waals surface area contributed by atoms with E-state index in [-0.39, 0.29) is 10.3 Å². The van der Waals surface area contributed by atoms with Crippen molar-refractivity contribution in [3.05, 3.63) is 52.9 Å². The Kier molecular flexibility index (Phi) is 3.38. The van der Waals surface area contributed by atoms with Crippen molar-refractivity contribution in [3.8, 4) is 0 Å². The van der Waals surface area contributed by atoms with Crippen LogP contribution in [0.2, 0.25) is 0 Å². The molecule has 0 radical (unpaired) electrons. The molecular weight excluding hydrogens is 316 g/mol. The minimum Gasteiger partial charge on any atom is -0.359 e. The number of rotatable bonds is 5. The Balaban J connectivity index is 1.47. The first-order chi connectivity index (χ1) is 10.7. The van der Waals surface area contributed by atoms with E-state index in [1.54, 1.807) is 0 Å². The van der Waals surface area contributed by atoms with Crippen molar-refractivity contribution in [3.63, 3.8) is 0 Å². The zero-order valence-electron chi connectivity index (χ0n) is 11.7. The predicted molar refractivity (Wildman–Crippen MR) is 89.9 cm³/mol. The predicted octanol–water partition coefficient (Wildman–Crippen LogP) is 2.89. The molecule has 1 N–H and O–H groups in total. The van der Waals surface area contributed by atoms with Gasteiger partial charge in [-0.15, -0.1) is 16.9 Å². The minimum absolute atomic E-state index is 0.144. The lowest BCUT2D eigenvalue weighted by Crippen LogP contribution is -2.18. The van der Waals surface area contributed by atoms with Crippen LogP contribution >= 0.6 is 23.1 Å². The molecule has 0 unspecified atom stereocenters. The SMILES string of the molecule is O=c1ccnc2sc(NCC3(Sc4ccccc4)CC3)nn12. The number of fused-ring (bicyclic) bond motifs is 1. The Hall–Kier alpha value is -1.86. The smallest absolute Gasteiger partial charge is 0.275 e. The Morgan fingerprint density at radius 3 is 2.82 bits per heavy atom. The summed E-state index contributed by atoms with van der Waals surface area (Å²) in [6.07, 6.45) is 3.92. The molecule has 2 heterocycles. The highest BCUT2D eigenvalue weighted by Gasteiger charge is 2.43. The van der Waals surface area contributed by atoms with Gasteiger partial charge in [0.25, 0.3) is 5.56 Å². The summed E-state index contributed by atoms with van der Waals surface area (Å²) in [5.41, 5.74) is -0.144. The van der Waals surface area contributed by atoms with Crippen LogP contribution in [0.4, 0.5) is 5.13 Å². The molecule has 5 nitrogen and oxygen atoms in total. The number of anilines is 1. The van der Waals surface area contributed by atoms with Crippen molar-refractivity contribution < 1.29 is 0 Å². The molecular formula is C15H14N4OS2. The number of hydrogen-bond acceptors (Lipinski definition) is 6. The molecule has 0 amide bonds. The normalized spacial score (nSPS) is 15.8. The summed E-state index contributed by atoms with van der Waals surface area (Å²) in [4.78, 5) is 17.8. The van der Waals surface area contributed by atoms with Gasteiger partial charge >= 0.3 is 0 Å². The van der Waals surface area contributed by atoms with Gasteiger partial charge in [0.05, 0.1) is 0 Å². The fourth-order valence-corrected chi connectivity index (χ4v) is 4.26. The maximum atomic E-state index is 11.7. The Morgan fingerprint density at radius 2 is 2.09 bits per heavy atom. The third-order valence-corrected chi connectivity index (χ3v) is 5.99. The van der Waals surface area contributed by atoms with Gasteiger partial charge in [0.1, 0.15) is 0 Å². The molecule has 7 heteroatoms. The van der Waals surface area contributed by atoms with Crippen LogP contribution in [0.3, 0.4) is 0 Å². The van der Waals surface area contributed by atoms with E-state index in [9.17, 15) is 4.79 Å². The summed E-state index contributed by atoms with van der Waals surface area (Å²) in [6.45, 7) is 0.848. The average molecular weight is 330 g/mol. The molecule has 0 aliphatic heterocycles. The number of nitrogens with one attached hydrogen (secondary N) is 1. The molecule has 1 aliphatic rings. The first kappa shape index (κ1) is 13.8. The van der Waals surface area contributed by atoms with Crippen molar-refractivity contribution in [2.75, 3.05) is 11.9 Å². The Bertz CT molecular complexity index is 855. The molecule has 1 fully saturated rings. The van der Waals surface area contributed by atoms with Gasteiger partial charge in [-0.1, -0.05) is 29.5 Å². The van der Waals surface area contributed by atoms with Crippen LogP contribution in [0.5, 0.6) is 0 Å². The molecule has 112 valence electrons. The second-order valence-corrected chi connectivity index (χ2v) is 7.83. The lowest BCUT2D eigenvalue weighted by molar-refractivity contribution is 0.881. The lowest BCUT2D eigenvalue weighted by Gasteiger charge is -2.14. The molecule has 22 heavy (non-hydrogen) atoms. The van der Waals surface area contributed by atoms with E-state index < -0.39 is 0 Å². The topological polar surface area (TPSA) is 59.3 Å². The molecule has 0 atom stereocenters. The van der Waals surface area contributed by atoms with Crippen molar-refractivity contribution in [1.29, 1.82) is 0 Å². The van der Waals surface area contributed by atoms with Crippen molar-refractivity contribution in [2.24, 2.45) is 0 Å². The van der Waals surface area contributed by atoms with Crippen molar-refractivity contribution in [2.45, 2.75) is 22.5 Å². The van der Waals surface area contributed by atoms with E-state index >= 15 is 0 Å². The molecule has 4 rings (SSSR count). The number of nitrogens with zero attached hydrogens (tertiary/aromatic N) is 3. The first-order valence-electron chi connectivity index (χ1n) is 7.07. The number of hydrogen-bond donors (Lipinski definition) is 1. The van der Waals surface area contributed by atoms with E-state index in [0.29, 0.717) is 4.96 Å². The molecule has 1 aromatic carbocycles. The average Bonchev–Trinajstić information content (AvgIpc) is 3.15. The summed E-state index contributed by atoms with van der Waals surface area (Å²) in [7, 11) is 0. The van der Waals surface area contributed by atoms with Crippen molar-refractivity contribution in [1.82, 2.24) is 14.6 Å². The summed E-state index contributed by atoms with van der Waals surface area (Å²) in [5.74, 6) is 0. The molecule has 0 bridgehead atoms. The van der Waals surface area contributed by atoms with Gasteiger partial charge in [-0.2, -0.15) is 4.52 Å². The number of aromatic nitrogens is 3. The van der Waals surface area contributed by atoms with Crippen LogP contribution in [0.1, 0.15) is 12.8 Å². The highest BCUT2D eigenvalue weighted by Crippen LogP contribution is 2.51. The quantitative estimate of drug-likeness (QED) is 0.779. The van der Waals surface area contributed by atoms with Gasteiger partial charge in [-0.25, -0.2) is 4.98 Å². The fourth-order valence-electron chi connectivity index (χ4n) is 2.24. The lowest BCUT2D eigenvalue weighted by atomic mass is 10.4. The zero-order valence-corrected chi connectivity index (χ0v) is 13.4. The summed E-state index contributed by atoms with van der Waals surface area (Å²) < 4.78 is 1.59. The second kappa shape index (κ2) is 5.40. The Labute approximate surface area is 135 Å². The largest absolute Gasteiger partial charge is 0.359 e. The van der Waals surface area contributed by atoms with Gasteiger partial charge in [0.2, 0.25) is 10.1 Å². The van der Waals surface area contributed by atoms with Gasteiger partial charge in [0, 0.05) is 28.5 Å². The highest BCUT2D eigenvalue weighted by atomic mass is 32.2. The number of thioether (sulfide) groups is 1. The molecule has 1 aliphatic carbocycles. The first-order valence-corrected chi connectivity index (χ1v) is 8.70. The van der Waals surface area contributed by atoms with Gasteiger partial charge in [0.15, 0.2) is 0 Å². The van der Waals surface area contributed by atoms with Crippen LogP contribution in [-0.4, -0.2) is 25.9 Å². The van der Waals surface area contributed by atoms with Gasteiger partial charge in [-0.3, -0.25) is 4.79 Å². The molecule has 0 spiro atoms.